The lowest BCUT2D eigenvalue weighted by Gasteiger charge is -2.14. The number of benzene rings is 1. The average molecular weight is 260 g/mol. The highest BCUT2D eigenvalue weighted by atomic mass is 16.5. The molecule has 0 amide bonds. The molecule has 0 N–H and O–H groups in total. The monoisotopic (exact) mass is 260 g/mol. The number of ether oxygens (including phenoxy) is 1. The summed E-state index contributed by atoms with van der Waals surface area (Å²) in [6.45, 7) is 1.51. The number of rotatable bonds is 5. The van der Waals surface area contributed by atoms with Gasteiger partial charge in [0.05, 0.1) is 12.3 Å². The van der Waals surface area contributed by atoms with Crippen molar-refractivity contribution in [1.82, 2.24) is 0 Å². The summed E-state index contributed by atoms with van der Waals surface area (Å²) in [5.74, 6) is -0.939. The molecule has 4 nitrogen and oxygen atoms in total. The van der Waals surface area contributed by atoms with Crippen molar-refractivity contribution in [3.63, 3.8) is 0 Å². The van der Waals surface area contributed by atoms with Crippen molar-refractivity contribution < 1.29 is 19.1 Å². The van der Waals surface area contributed by atoms with Crippen LogP contribution in [-0.4, -0.2) is 24.1 Å². The van der Waals surface area contributed by atoms with E-state index < -0.39 is 6.10 Å². The van der Waals surface area contributed by atoms with E-state index in [4.69, 9.17) is 4.74 Å². The Kier molecular flexibility index (Phi) is 4.10. The summed E-state index contributed by atoms with van der Waals surface area (Å²) >= 11 is 0. The summed E-state index contributed by atoms with van der Waals surface area (Å²) in [5, 5.41) is 0. The fourth-order valence-electron chi connectivity index (χ4n) is 2.31. The molecule has 0 aromatic heterocycles. The zero-order chi connectivity index (χ0) is 13.8. The minimum absolute atomic E-state index is 0.209. The van der Waals surface area contributed by atoms with Gasteiger partial charge in [-0.15, -0.1) is 0 Å². The van der Waals surface area contributed by atoms with E-state index in [9.17, 15) is 14.4 Å². The Labute approximate surface area is 111 Å². The van der Waals surface area contributed by atoms with Gasteiger partial charge in [-0.25, -0.2) is 0 Å². The zero-order valence-corrected chi connectivity index (χ0v) is 10.8. The third-order valence-electron chi connectivity index (χ3n) is 3.42. The second-order valence-electron chi connectivity index (χ2n) is 4.79. The molecule has 4 heteroatoms. The molecule has 0 fully saturated rings. The van der Waals surface area contributed by atoms with E-state index in [0.29, 0.717) is 19.1 Å². The van der Waals surface area contributed by atoms with Gasteiger partial charge in [-0.1, -0.05) is 24.3 Å². The van der Waals surface area contributed by atoms with Crippen LogP contribution < -0.4 is 0 Å². The first kappa shape index (κ1) is 13.5. The first-order valence-electron chi connectivity index (χ1n) is 6.35. The van der Waals surface area contributed by atoms with Crippen LogP contribution in [0.2, 0.25) is 0 Å². The number of hydrogen-bond donors (Lipinski definition) is 0. The summed E-state index contributed by atoms with van der Waals surface area (Å²) in [6, 6.07) is 7.90. The van der Waals surface area contributed by atoms with Crippen LogP contribution in [-0.2, 0) is 32.0 Å². The van der Waals surface area contributed by atoms with Crippen LogP contribution in [0.4, 0.5) is 0 Å². The fourth-order valence-corrected chi connectivity index (χ4v) is 2.31. The van der Waals surface area contributed by atoms with E-state index >= 15 is 0 Å². The van der Waals surface area contributed by atoms with Gasteiger partial charge in [0.15, 0.2) is 11.9 Å². The van der Waals surface area contributed by atoms with Crippen molar-refractivity contribution in [2.75, 3.05) is 0 Å². The molecule has 0 spiro atoms. The number of carbonyl (C=O) groups is 3. The van der Waals surface area contributed by atoms with E-state index in [1.54, 1.807) is 0 Å². The predicted octanol–water partition coefficient (Wildman–Crippen LogP) is 1.49. The highest BCUT2D eigenvalue weighted by Gasteiger charge is 2.30. The van der Waals surface area contributed by atoms with Crippen LogP contribution >= 0.6 is 0 Å². The third-order valence-corrected chi connectivity index (χ3v) is 3.42. The molecule has 0 saturated carbocycles. The second-order valence-corrected chi connectivity index (χ2v) is 4.79. The zero-order valence-electron chi connectivity index (χ0n) is 10.8. The van der Waals surface area contributed by atoms with Gasteiger partial charge in [0.1, 0.15) is 6.29 Å². The van der Waals surface area contributed by atoms with Crippen LogP contribution in [0, 0.1) is 5.92 Å². The number of carbonyl (C=O) groups excluding carboxylic acids is 3. The lowest BCUT2D eigenvalue weighted by Crippen LogP contribution is -2.28. The number of hydrogen-bond acceptors (Lipinski definition) is 4. The molecule has 1 aliphatic rings. The first-order valence-corrected chi connectivity index (χ1v) is 6.35. The Balaban J connectivity index is 1.93. The van der Waals surface area contributed by atoms with Crippen LogP contribution in [0.1, 0.15) is 24.5 Å². The standard InChI is InChI=1S/C15H16O4/c1-10(14(17)6-7-16)19-15(18)13-8-11-4-2-3-5-12(11)9-13/h2-5,7,10,13H,6,8-9H2,1H3. The Morgan fingerprint density at radius 3 is 2.42 bits per heavy atom. The largest absolute Gasteiger partial charge is 0.454 e. The third kappa shape index (κ3) is 3.08. The summed E-state index contributed by atoms with van der Waals surface area (Å²) in [6.07, 6.45) is 0.784. The molecule has 0 bridgehead atoms. The van der Waals surface area contributed by atoms with Crippen LogP contribution in [0.5, 0.6) is 0 Å². The number of ketones is 1. The van der Waals surface area contributed by atoms with Gasteiger partial charge in [-0.3, -0.25) is 9.59 Å². The van der Waals surface area contributed by atoms with E-state index in [-0.39, 0.29) is 24.1 Å². The minimum atomic E-state index is -0.846. The maximum absolute atomic E-state index is 12.0. The number of fused-ring (bicyclic) bond motifs is 1. The molecule has 1 unspecified atom stereocenters. The van der Waals surface area contributed by atoms with E-state index in [1.807, 2.05) is 24.3 Å². The molecule has 0 radical (unpaired) electrons. The lowest BCUT2D eigenvalue weighted by molar-refractivity contribution is -0.158. The molecular formula is C15H16O4. The van der Waals surface area contributed by atoms with Crippen molar-refractivity contribution in [2.24, 2.45) is 5.92 Å². The van der Waals surface area contributed by atoms with Gasteiger partial charge in [0.2, 0.25) is 0 Å². The summed E-state index contributed by atoms with van der Waals surface area (Å²) in [7, 11) is 0. The first-order chi connectivity index (χ1) is 9.11. The number of esters is 1. The van der Waals surface area contributed by atoms with Gasteiger partial charge in [-0.05, 0) is 30.9 Å². The van der Waals surface area contributed by atoms with Gasteiger partial charge in [0.25, 0.3) is 0 Å². The average Bonchev–Trinajstić information content (AvgIpc) is 2.82. The molecule has 19 heavy (non-hydrogen) atoms. The van der Waals surface area contributed by atoms with E-state index in [1.165, 1.54) is 6.92 Å². The fraction of sp³-hybridized carbons (Fsp3) is 0.400. The normalized spacial score (nSPS) is 15.6. The molecule has 0 aliphatic heterocycles. The van der Waals surface area contributed by atoms with Crippen molar-refractivity contribution >= 4 is 18.0 Å². The van der Waals surface area contributed by atoms with Crippen LogP contribution in [0.25, 0.3) is 0 Å². The molecular weight excluding hydrogens is 244 g/mol. The maximum Gasteiger partial charge on any atom is 0.310 e. The van der Waals surface area contributed by atoms with Gasteiger partial charge in [0, 0.05) is 0 Å². The maximum atomic E-state index is 12.0. The quantitative estimate of drug-likeness (QED) is 0.457. The van der Waals surface area contributed by atoms with Crippen LogP contribution in [0.3, 0.4) is 0 Å². The predicted molar refractivity (Wildman–Crippen MR) is 68.6 cm³/mol. The topological polar surface area (TPSA) is 60.4 Å². The Morgan fingerprint density at radius 2 is 1.89 bits per heavy atom. The molecule has 1 atom stereocenters. The van der Waals surface area contributed by atoms with Gasteiger partial charge in [-0.2, -0.15) is 0 Å². The smallest absolute Gasteiger partial charge is 0.310 e. The van der Waals surface area contributed by atoms with Crippen molar-refractivity contribution in [2.45, 2.75) is 32.3 Å². The molecule has 1 aromatic rings. The number of Topliss-reactive ketones (excluding diaryl/α,β-unsaturated/α-hetero) is 1. The Bertz CT molecular complexity index is 482. The molecule has 0 saturated heterocycles. The minimum Gasteiger partial charge on any atom is -0.454 e. The summed E-state index contributed by atoms with van der Waals surface area (Å²) in [4.78, 5) is 33.6. The van der Waals surface area contributed by atoms with Gasteiger partial charge < -0.3 is 9.53 Å². The Morgan fingerprint density at radius 1 is 1.32 bits per heavy atom. The molecule has 100 valence electrons. The molecule has 0 heterocycles. The molecule has 1 aliphatic carbocycles. The van der Waals surface area contributed by atoms with Crippen molar-refractivity contribution in [3.05, 3.63) is 35.4 Å². The highest BCUT2D eigenvalue weighted by molar-refractivity contribution is 5.94. The summed E-state index contributed by atoms with van der Waals surface area (Å²) < 4.78 is 5.13. The molecule has 1 aromatic carbocycles. The van der Waals surface area contributed by atoms with Crippen molar-refractivity contribution in [3.8, 4) is 0 Å². The van der Waals surface area contributed by atoms with Crippen LogP contribution in [0.15, 0.2) is 24.3 Å². The second kappa shape index (κ2) is 5.78. The number of aldehydes is 1. The SMILES string of the molecule is CC(OC(=O)C1Cc2ccccc2C1)C(=O)CC=O. The molecule has 2 rings (SSSR count). The summed E-state index contributed by atoms with van der Waals surface area (Å²) in [5.41, 5.74) is 2.33. The van der Waals surface area contributed by atoms with Gasteiger partial charge >= 0.3 is 5.97 Å². The van der Waals surface area contributed by atoms with E-state index in [0.717, 1.165) is 11.1 Å². The Hall–Kier alpha value is -1.97. The highest BCUT2D eigenvalue weighted by Crippen LogP contribution is 2.27. The van der Waals surface area contributed by atoms with Crippen molar-refractivity contribution in [1.29, 1.82) is 0 Å². The van der Waals surface area contributed by atoms with E-state index in [2.05, 4.69) is 0 Å². The lowest BCUT2D eigenvalue weighted by atomic mass is 10.1.